The number of ketones is 1. The molecule has 0 saturated heterocycles. The van der Waals surface area contributed by atoms with Gasteiger partial charge in [0.2, 0.25) is 0 Å². The van der Waals surface area contributed by atoms with Gasteiger partial charge < -0.3 is 0 Å². The van der Waals surface area contributed by atoms with Gasteiger partial charge in [-0.3, -0.25) is 4.79 Å². The molecule has 0 aromatic heterocycles. The van der Waals surface area contributed by atoms with Crippen LogP contribution in [0.4, 0.5) is 0 Å². The Morgan fingerprint density at radius 1 is 1.00 bits per heavy atom. The number of rotatable bonds is 1. The second kappa shape index (κ2) is 4.67. The normalized spacial score (nSPS) is 28.1. The highest BCUT2D eigenvalue weighted by Gasteiger charge is 2.53. The Hall–Kier alpha value is -2.15. The second-order valence-electron chi connectivity index (χ2n) is 7.40. The van der Waals surface area contributed by atoms with E-state index in [1.807, 2.05) is 6.07 Å². The Labute approximate surface area is 137 Å². The van der Waals surface area contributed by atoms with Gasteiger partial charge in [-0.05, 0) is 60.8 Å². The maximum absolute atomic E-state index is 13.4. The lowest BCUT2D eigenvalue weighted by Gasteiger charge is -2.38. The maximum atomic E-state index is 13.4. The molecule has 2 aromatic rings. The summed E-state index contributed by atoms with van der Waals surface area (Å²) in [4.78, 5) is 13.4. The number of aryl methyl sites for hydroxylation is 1. The van der Waals surface area contributed by atoms with Crippen LogP contribution < -0.4 is 0 Å². The minimum atomic E-state index is -0.0770. The van der Waals surface area contributed by atoms with Crippen LogP contribution in [0.25, 0.3) is 11.1 Å². The first kappa shape index (κ1) is 13.3. The Kier molecular flexibility index (Phi) is 2.70. The number of carbonyl (C=O) groups is 1. The molecule has 3 aliphatic carbocycles. The topological polar surface area (TPSA) is 17.1 Å². The number of carbonyl (C=O) groups excluding carboxylic acids is 1. The van der Waals surface area contributed by atoms with Crippen LogP contribution in [0.2, 0.25) is 0 Å². The van der Waals surface area contributed by atoms with Crippen molar-refractivity contribution in [3.05, 3.63) is 71.3 Å². The first-order chi connectivity index (χ1) is 11.3. The summed E-state index contributed by atoms with van der Waals surface area (Å²) in [6, 6.07) is 16.9. The fraction of sp³-hybridized carbons (Fsp3) is 0.318. The zero-order valence-electron chi connectivity index (χ0n) is 13.2. The molecule has 2 aromatic carbocycles. The summed E-state index contributed by atoms with van der Waals surface area (Å²) < 4.78 is 0. The molecule has 2 unspecified atom stereocenters. The van der Waals surface area contributed by atoms with E-state index in [9.17, 15) is 4.79 Å². The molecule has 0 N–H and O–H groups in total. The van der Waals surface area contributed by atoms with Gasteiger partial charge in [0.1, 0.15) is 0 Å². The average molecular weight is 300 g/mol. The van der Waals surface area contributed by atoms with Crippen molar-refractivity contribution in [2.24, 2.45) is 11.3 Å². The van der Waals surface area contributed by atoms with Crippen LogP contribution in [-0.4, -0.2) is 5.78 Å². The fourth-order valence-electron chi connectivity index (χ4n) is 5.02. The number of fused-ring (bicyclic) bond motifs is 4. The van der Waals surface area contributed by atoms with Crippen LogP contribution in [-0.2, 0) is 6.42 Å². The largest absolute Gasteiger partial charge is 0.294 e. The summed E-state index contributed by atoms with van der Waals surface area (Å²) in [5, 5.41) is 0. The van der Waals surface area contributed by atoms with Crippen LogP contribution in [0.3, 0.4) is 0 Å². The fourth-order valence-corrected chi connectivity index (χ4v) is 5.02. The van der Waals surface area contributed by atoms with E-state index in [0.717, 1.165) is 36.8 Å². The zero-order valence-corrected chi connectivity index (χ0v) is 13.2. The number of benzene rings is 2. The van der Waals surface area contributed by atoms with E-state index in [0.29, 0.717) is 11.7 Å². The number of hydrogen-bond donors (Lipinski definition) is 0. The van der Waals surface area contributed by atoms with Gasteiger partial charge in [-0.1, -0.05) is 54.1 Å². The van der Waals surface area contributed by atoms with Crippen molar-refractivity contribution in [2.75, 3.05) is 0 Å². The average Bonchev–Trinajstić information content (AvgIpc) is 3.21. The predicted octanol–water partition coefficient (Wildman–Crippen LogP) is 5.21. The van der Waals surface area contributed by atoms with E-state index in [1.54, 1.807) is 0 Å². The smallest absolute Gasteiger partial charge is 0.169 e. The van der Waals surface area contributed by atoms with E-state index < -0.39 is 0 Å². The molecule has 0 aliphatic heterocycles. The summed E-state index contributed by atoms with van der Waals surface area (Å²) in [6.45, 7) is 0. The highest BCUT2D eigenvalue weighted by Crippen LogP contribution is 2.58. The summed E-state index contributed by atoms with van der Waals surface area (Å²) in [6.07, 6.45) is 7.78. The lowest BCUT2D eigenvalue weighted by molar-refractivity contribution is 0.0671. The van der Waals surface area contributed by atoms with Gasteiger partial charge in [0.05, 0.1) is 0 Å². The van der Waals surface area contributed by atoms with Crippen molar-refractivity contribution in [2.45, 2.75) is 32.1 Å². The molecule has 3 aliphatic rings. The van der Waals surface area contributed by atoms with Crippen LogP contribution in [0.1, 0.15) is 41.6 Å². The molecule has 0 radical (unpaired) electrons. The Morgan fingerprint density at radius 2 is 1.87 bits per heavy atom. The van der Waals surface area contributed by atoms with Crippen LogP contribution >= 0.6 is 0 Å². The number of hydrogen-bond acceptors (Lipinski definition) is 1. The molecule has 0 amide bonds. The van der Waals surface area contributed by atoms with Gasteiger partial charge >= 0.3 is 0 Å². The van der Waals surface area contributed by atoms with Crippen LogP contribution in [0, 0.1) is 11.3 Å². The molecule has 1 heteroatoms. The minimum absolute atomic E-state index is 0.0770. The molecule has 2 bridgehead atoms. The molecule has 0 heterocycles. The Bertz CT molecular complexity index is 830. The molecule has 1 nitrogen and oxygen atoms in total. The third kappa shape index (κ3) is 1.83. The van der Waals surface area contributed by atoms with Crippen LogP contribution in [0.5, 0.6) is 0 Å². The molecule has 1 spiro atoms. The van der Waals surface area contributed by atoms with E-state index in [1.165, 1.54) is 23.1 Å². The molecule has 2 atom stereocenters. The van der Waals surface area contributed by atoms with E-state index >= 15 is 0 Å². The zero-order chi connectivity index (χ0) is 15.4. The van der Waals surface area contributed by atoms with Crippen molar-refractivity contribution in [3.63, 3.8) is 0 Å². The summed E-state index contributed by atoms with van der Waals surface area (Å²) in [5.41, 5.74) is 6.05. The SMILES string of the molecule is O=C1c2cc(-c3ccccc3)ccc2CCC12CC1=CCC2C1. The molecule has 1 fully saturated rings. The van der Waals surface area contributed by atoms with E-state index in [2.05, 4.69) is 48.5 Å². The first-order valence-electron chi connectivity index (χ1n) is 8.67. The summed E-state index contributed by atoms with van der Waals surface area (Å²) in [5.74, 6) is 0.989. The van der Waals surface area contributed by atoms with Crippen molar-refractivity contribution >= 4 is 5.78 Å². The molecular weight excluding hydrogens is 280 g/mol. The van der Waals surface area contributed by atoms with Gasteiger partial charge in [-0.15, -0.1) is 0 Å². The van der Waals surface area contributed by atoms with Crippen molar-refractivity contribution in [1.29, 1.82) is 0 Å². The van der Waals surface area contributed by atoms with Gasteiger partial charge in [0.25, 0.3) is 0 Å². The lowest BCUT2D eigenvalue weighted by atomic mass is 9.63. The minimum Gasteiger partial charge on any atom is -0.294 e. The van der Waals surface area contributed by atoms with Crippen molar-refractivity contribution < 1.29 is 4.79 Å². The third-order valence-corrected chi connectivity index (χ3v) is 6.28. The number of Topliss-reactive ketones (excluding diaryl/α,β-unsaturated/α-hetero) is 1. The van der Waals surface area contributed by atoms with Crippen molar-refractivity contribution in [1.82, 2.24) is 0 Å². The Balaban J connectivity index is 1.60. The summed E-state index contributed by atoms with van der Waals surface area (Å²) >= 11 is 0. The third-order valence-electron chi connectivity index (χ3n) is 6.28. The first-order valence-corrected chi connectivity index (χ1v) is 8.67. The lowest BCUT2D eigenvalue weighted by Crippen LogP contribution is -2.39. The van der Waals surface area contributed by atoms with Gasteiger partial charge in [-0.25, -0.2) is 0 Å². The molecule has 5 rings (SSSR count). The molecule has 1 saturated carbocycles. The quantitative estimate of drug-likeness (QED) is 0.661. The molecule has 114 valence electrons. The molecule has 23 heavy (non-hydrogen) atoms. The second-order valence-corrected chi connectivity index (χ2v) is 7.40. The number of allylic oxidation sites excluding steroid dienone is 2. The van der Waals surface area contributed by atoms with E-state index in [4.69, 9.17) is 0 Å². The van der Waals surface area contributed by atoms with Crippen LogP contribution in [0.15, 0.2) is 60.2 Å². The highest BCUT2D eigenvalue weighted by atomic mass is 16.1. The van der Waals surface area contributed by atoms with E-state index in [-0.39, 0.29) is 5.41 Å². The maximum Gasteiger partial charge on any atom is 0.169 e. The standard InChI is InChI=1S/C22H20O/c23-21-20-13-18(16-4-2-1-3-5-16)8-7-17(20)10-11-22(21)14-15-6-9-19(22)12-15/h1-8,13,19H,9-12,14H2. The predicted molar refractivity (Wildman–Crippen MR) is 92.4 cm³/mol. The molecular formula is C22H20O. The highest BCUT2D eigenvalue weighted by molar-refractivity contribution is 6.04. The van der Waals surface area contributed by atoms with Gasteiger partial charge in [0, 0.05) is 11.0 Å². The monoisotopic (exact) mass is 300 g/mol. The van der Waals surface area contributed by atoms with Gasteiger partial charge in [0.15, 0.2) is 5.78 Å². The van der Waals surface area contributed by atoms with Gasteiger partial charge in [-0.2, -0.15) is 0 Å². The van der Waals surface area contributed by atoms with Crippen molar-refractivity contribution in [3.8, 4) is 11.1 Å². The summed E-state index contributed by atoms with van der Waals surface area (Å²) in [7, 11) is 0. The Morgan fingerprint density at radius 3 is 2.61 bits per heavy atom.